The summed E-state index contributed by atoms with van der Waals surface area (Å²) in [6, 6.07) is 5.01. The lowest BCUT2D eigenvalue weighted by molar-refractivity contribution is -0.117. The second-order valence-electron chi connectivity index (χ2n) is 4.85. The zero-order valence-electron chi connectivity index (χ0n) is 11.6. The molecule has 0 bridgehead atoms. The molecule has 0 spiro atoms. The van der Waals surface area contributed by atoms with Gasteiger partial charge in [0.15, 0.2) is 0 Å². The molecule has 0 aliphatic carbocycles. The van der Waals surface area contributed by atoms with Crippen LogP contribution in [0, 0.1) is 5.92 Å². The number of rotatable bonds is 6. The molecule has 0 aliphatic heterocycles. The van der Waals surface area contributed by atoms with Crippen LogP contribution in [0.4, 0.5) is 11.4 Å². The van der Waals surface area contributed by atoms with Crippen LogP contribution in [-0.4, -0.2) is 18.6 Å². The summed E-state index contributed by atoms with van der Waals surface area (Å²) in [6.07, 6.45) is 0.471. The van der Waals surface area contributed by atoms with Crippen molar-refractivity contribution in [1.82, 2.24) is 0 Å². The predicted octanol–water partition coefficient (Wildman–Crippen LogP) is 3.31. The number of carbonyl (C=O) groups excluding carboxylic acids is 1. The van der Waals surface area contributed by atoms with Crippen molar-refractivity contribution in [3.8, 4) is 0 Å². The summed E-state index contributed by atoms with van der Waals surface area (Å²) in [7, 11) is 0. The number of hydrogen-bond donors (Lipinski definition) is 2. The Balaban J connectivity index is 2.37. The van der Waals surface area contributed by atoms with Crippen molar-refractivity contribution >= 4 is 28.9 Å². The van der Waals surface area contributed by atoms with Gasteiger partial charge in [0.25, 0.3) is 0 Å². The van der Waals surface area contributed by atoms with Crippen molar-refractivity contribution < 1.29 is 9.53 Å². The van der Waals surface area contributed by atoms with Gasteiger partial charge in [0.05, 0.1) is 29.8 Å². The molecule has 0 fully saturated rings. The minimum absolute atomic E-state index is 0.0994. The molecule has 3 N–H and O–H groups in total. The number of carbonyl (C=O) groups is 1. The third kappa shape index (κ3) is 5.49. The first-order valence-electron chi connectivity index (χ1n) is 6.36. The molecule has 1 rings (SSSR count). The van der Waals surface area contributed by atoms with Gasteiger partial charge in [0.2, 0.25) is 5.91 Å². The SMILES string of the molecule is CC(C)C(C)OCCC(=O)Nc1ccc(Cl)c(N)c1. The Bertz CT molecular complexity index is 435. The summed E-state index contributed by atoms with van der Waals surface area (Å²) < 4.78 is 5.55. The van der Waals surface area contributed by atoms with E-state index in [9.17, 15) is 4.79 Å². The van der Waals surface area contributed by atoms with Gasteiger partial charge in [0.1, 0.15) is 0 Å². The lowest BCUT2D eigenvalue weighted by atomic mass is 10.1. The van der Waals surface area contributed by atoms with Gasteiger partial charge >= 0.3 is 0 Å². The molecule has 5 heteroatoms. The van der Waals surface area contributed by atoms with Crippen LogP contribution in [0.15, 0.2) is 18.2 Å². The molecule has 0 saturated carbocycles. The minimum Gasteiger partial charge on any atom is -0.397 e. The fraction of sp³-hybridized carbons (Fsp3) is 0.500. The number of nitrogen functional groups attached to an aromatic ring is 1. The van der Waals surface area contributed by atoms with Gasteiger partial charge in [-0.1, -0.05) is 25.4 Å². The summed E-state index contributed by atoms with van der Waals surface area (Å²) in [5.74, 6) is 0.344. The minimum atomic E-state index is -0.0994. The van der Waals surface area contributed by atoms with E-state index in [1.54, 1.807) is 18.2 Å². The molecule has 19 heavy (non-hydrogen) atoms. The van der Waals surface area contributed by atoms with Gasteiger partial charge in [-0.25, -0.2) is 0 Å². The van der Waals surface area contributed by atoms with E-state index in [-0.39, 0.29) is 12.0 Å². The average molecular weight is 285 g/mol. The van der Waals surface area contributed by atoms with Crippen molar-refractivity contribution in [3.05, 3.63) is 23.2 Å². The molecule has 0 radical (unpaired) electrons. The average Bonchev–Trinajstić information content (AvgIpc) is 2.33. The van der Waals surface area contributed by atoms with Gasteiger partial charge in [0, 0.05) is 5.69 Å². The lowest BCUT2D eigenvalue weighted by Crippen LogP contribution is -2.20. The number of amides is 1. The number of ether oxygens (including phenoxy) is 1. The Labute approximate surface area is 119 Å². The van der Waals surface area contributed by atoms with Crippen LogP contribution in [0.5, 0.6) is 0 Å². The van der Waals surface area contributed by atoms with E-state index in [0.29, 0.717) is 35.3 Å². The Kier molecular flexibility index (Phi) is 6.12. The highest BCUT2D eigenvalue weighted by molar-refractivity contribution is 6.33. The van der Waals surface area contributed by atoms with E-state index in [1.807, 2.05) is 6.92 Å². The predicted molar refractivity (Wildman–Crippen MR) is 79.4 cm³/mol. The fourth-order valence-electron chi connectivity index (χ4n) is 1.37. The van der Waals surface area contributed by atoms with Crippen LogP contribution >= 0.6 is 11.6 Å². The number of anilines is 2. The van der Waals surface area contributed by atoms with Gasteiger partial charge in [-0.15, -0.1) is 0 Å². The standard InChI is InChI=1S/C14H21ClN2O2/c1-9(2)10(3)19-7-6-14(18)17-11-4-5-12(15)13(16)8-11/h4-5,8-10H,6-7,16H2,1-3H3,(H,17,18). The molecule has 4 nitrogen and oxygen atoms in total. The maximum Gasteiger partial charge on any atom is 0.226 e. The highest BCUT2D eigenvalue weighted by atomic mass is 35.5. The third-order valence-corrected chi connectivity index (χ3v) is 3.27. The van der Waals surface area contributed by atoms with E-state index in [0.717, 1.165) is 0 Å². The van der Waals surface area contributed by atoms with Gasteiger partial charge in [-0.3, -0.25) is 4.79 Å². The summed E-state index contributed by atoms with van der Waals surface area (Å²) in [6.45, 7) is 6.58. The molecule has 1 aromatic carbocycles. The van der Waals surface area contributed by atoms with Crippen molar-refractivity contribution in [2.75, 3.05) is 17.7 Å². The molecule has 1 aromatic rings. The second kappa shape index (κ2) is 7.36. The summed E-state index contributed by atoms with van der Waals surface area (Å²) in [5, 5.41) is 3.23. The molecule has 1 amide bonds. The lowest BCUT2D eigenvalue weighted by Gasteiger charge is -2.16. The highest BCUT2D eigenvalue weighted by Crippen LogP contribution is 2.22. The van der Waals surface area contributed by atoms with Crippen LogP contribution in [0.25, 0.3) is 0 Å². The van der Waals surface area contributed by atoms with Crippen LogP contribution in [0.1, 0.15) is 27.2 Å². The molecular weight excluding hydrogens is 264 g/mol. The van der Waals surface area contributed by atoms with Crippen LogP contribution in [-0.2, 0) is 9.53 Å². The molecular formula is C14H21ClN2O2. The number of nitrogens with two attached hydrogens (primary N) is 1. The van der Waals surface area contributed by atoms with Crippen LogP contribution in [0.2, 0.25) is 5.02 Å². The quantitative estimate of drug-likeness (QED) is 0.788. The van der Waals surface area contributed by atoms with Crippen molar-refractivity contribution in [1.29, 1.82) is 0 Å². The van der Waals surface area contributed by atoms with E-state index >= 15 is 0 Å². The maximum absolute atomic E-state index is 11.7. The molecule has 0 aromatic heterocycles. The topological polar surface area (TPSA) is 64.3 Å². The molecule has 106 valence electrons. The van der Waals surface area contributed by atoms with E-state index in [4.69, 9.17) is 22.1 Å². The zero-order valence-corrected chi connectivity index (χ0v) is 12.3. The smallest absolute Gasteiger partial charge is 0.226 e. The van der Waals surface area contributed by atoms with E-state index in [2.05, 4.69) is 19.2 Å². The Morgan fingerprint density at radius 2 is 2.11 bits per heavy atom. The molecule has 1 atom stereocenters. The Morgan fingerprint density at radius 1 is 1.42 bits per heavy atom. The number of hydrogen-bond acceptors (Lipinski definition) is 3. The van der Waals surface area contributed by atoms with Gasteiger partial charge in [-0.05, 0) is 31.0 Å². The van der Waals surface area contributed by atoms with E-state index in [1.165, 1.54) is 0 Å². The Morgan fingerprint density at radius 3 is 2.68 bits per heavy atom. The monoisotopic (exact) mass is 284 g/mol. The Hall–Kier alpha value is -1.26. The largest absolute Gasteiger partial charge is 0.397 e. The molecule has 0 heterocycles. The third-order valence-electron chi connectivity index (χ3n) is 2.93. The molecule has 0 saturated heterocycles. The first-order valence-corrected chi connectivity index (χ1v) is 6.74. The second-order valence-corrected chi connectivity index (χ2v) is 5.26. The first kappa shape index (κ1) is 15.8. The number of nitrogens with one attached hydrogen (secondary N) is 1. The van der Waals surface area contributed by atoms with Crippen molar-refractivity contribution in [2.45, 2.75) is 33.3 Å². The first-order chi connectivity index (χ1) is 8.90. The normalized spacial score (nSPS) is 12.5. The molecule has 0 aliphatic rings. The summed E-state index contributed by atoms with van der Waals surface area (Å²) >= 11 is 5.81. The van der Waals surface area contributed by atoms with Crippen molar-refractivity contribution in [2.24, 2.45) is 5.92 Å². The summed E-state index contributed by atoms with van der Waals surface area (Å²) in [4.78, 5) is 11.7. The van der Waals surface area contributed by atoms with Gasteiger partial charge < -0.3 is 15.8 Å². The van der Waals surface area contributed by atoms with Crippen LogP contribution < -0.4 is 11.1 Å². The maximum atomic E-state index is 11.7. The molecule has 1 unspecified atom stereocenters. The number of halogens is 1. The number of benzene rings is 1. The van der Waals surface area contributed by atoms with Crippen LogP contribution in [0.3, 0.4) is 0 Å². The van der Waals surface area contributed by atoms with Gasteiger partial charge in [-0.2, -0.15) is 0 Å². The zero-order chi connectivity index (χ0) is 14.4. The highest BCUT2D eigenvalue weighted by Gasteiger charge is 2.09. The van der Waals surface area contributed by atoms with E-state index < -0.39 is 0 Å². The fourth-order valence-corrected chi connectivity index (χ4v) is 1.49. The summed E-state index contributed by atoms with van der Waals surface area (Å²) in [5.41, 5.74) is 6.75. The van der Waals surface area contributed by atoms with Crippen molar-refractivity contribution in [3.63, 3.8) is 0 Å².